The van der Waals surface area contributed by atoms with Crippen molar-refractivity contribution < 1.29 is 8.42 Å². The molecule has 7 heteroatoms. The summed E-state index contributed by atoms with van der Waals surface area (Å²) in [6, 6.07) is 6.99. The van der Waals surface area contributed by atoms with E-state index < -0.39 is 10.0 Å². The Kier molecular flexibility index (Phi) is 5.77. The molecule has 0 radical (unpaired) electrons. The van der Waals surface area contributed by atoms with Crippen molar-refractivity contribution in [2.75, 3.05) is 18.4 Å². The van der Waals surface area contributed by atoms with E-state index in [1.54, 1.807) is 28.6 Å². The summed E-state index contributed by atoms with van der Waals surface area (Å²) in [5, 5.41) is 6.65. The summed E-state index contributed by atoms with van der Waals surface area (Å²) in [5.41, 5.74) is 0.774. The quantitative estimate of drug-likeness (QED) is 0.824. The van der Waals surface area contributed by atoms with Crippen LogP contribution in [0.5, 0.6) is 0 Å². The van der Waals surface area contributed by atoms with Crippen LogP contribution in [0.25, 0.3) is 0 Å². The number of hydrogen-bond donors (Lipinski definition) is 2. The van der Waals surface area contributed by atoms with Crippen molar-refractivity contribution in [1.82, 2.24) is 9.62 Å². The fourth-order valence-corrected chi connectivity index (χ4v) is 4.26. The Balaban J connectivity index is 2.06. The molecule has 0 aromatic heterocycles. The molecule has 1 saturated heterocycles. The van der Waals surface area contributed by atoms with Crippen LogP contribution in [0.15, 0.2) is 29.2 Å². The highest BCUT2D eigenvalue weighted by Gasteiger charge is 2.25. The highest BCUT2D eigenvalue weighted by atomic mass is 32.2. The van der Waals surface area contributed by atoms with E-state index in [0.717, 1.165) is 24.9 Å². The number of rotatable bonds is 4. The minimum Gasteiger partial charge on any atom is -0.360 e. The molecule has 0 unspecified atom stereocenters. The minimum absolute atomic E-state index is 0.249. The molecule has 1 aromatic carbocycles. The van der Waals surface area contributed by atoms with Gasteiger partial charge < -0.3 is 10.6 Å². The van der Waals surface area contributed by atoms with Crippen LogP contribution in [0.1, 0.15) is 33.1 Å². The lowest BCUT2D eigenvalue weighted by Gasteiger charge is -2.25. The maximum absolute atomic E-state index is 12.5. The fourth-order valence-electron chi connectivity index (χ4n) is 2.39. The van der Waals surface area contributed by atoms with E-state index in [0.29, 0.717) is 23.1 Å². The Hall–Kier alpha value is -1.18. The third-order valence-corrected chi connectivity index (χ3v) is 5.62. The number of nitrogens with one attached hydrogen (secondary N) is 2. The molecular weight excluding hydrogens is 318 g/mol. The number of anilines is 1. The van der Waals surface area contributed by atoms with Crippen LogP contribution < -0.4 is 10.6 Å². The Bertz CT molecular complexity index is 606. The molecule has 0 bridgehead atoms. The topological polar surface area (TPSA) is 61.4 Å². The Morgan fingerprint density at radius 3 is 2.27 bits per heavy atom. The molecule has 1 fully saturated rings. The molecular formula is C15H23N3O2S2. The first kappa shape index (κ1) is 17.2. The van der Waals surface area contributed by atoms with Gasteiger partial charge in [-0.05, 0) is 63.2 Å². The van der Waals surface area contributed by atoms with Gasteiger partial charge in [-0.1, -0.05) is 6.42 Å². The highest BCUT2D eigenvalue weighted by molar-refractivity contribution is 7.89. The van der Waals surface area contributed by atoms with Crippen LogP contribution in [0.4, 0.5) is 5.69 Å². The first-order valence-electron chi connectivity index (χ1n) is 7.57. The molecule has 122 valence electrons. The summed E-state index contributed by atoms with van der Waals surface area (Å²) < 4.78 is 26.6. The lowest BCUT2D eigenvalue weighted by molar-refractivity contribution is 0.346. The fraction of sp³-hybridized carbons (Fsp3) is 0.533. The number of hydrogen-bond acceptors (Lipinski definition) is 3. The Morgan fingerprint density at radius 1 is 1.14 bits per heavy atom. The summed E-state index contributed by atoms with van der Waals surface area (Å²) in [6.07, 6.45) is 2.98. The predicted molar refractivity (Wildman–Crippen MR) is 93.5 cm³/mol. The van der Waals surface area contributed by atoms with Crippen molar-refractivity contribution in [3.63, 3.8) is 0 Å². The van der Waals surface area contributed by atoms with Crippen molar-refractivity contribution in [3.8, 4) is 0 Å². The van der Waals surface area contributed by atoms with Crippen LogP contribution >= 0.6 is 12.2 Å². The SMILES string of the molecule is CC(C)NC(=S)Nc1ccc(S(=O)(=O)N2CCCCC2)cc1. The molecule has 0 aliphatic carbocycles. The summed E-state index contributed by atoms with van der Waals surface area (Å²) in [4.78, 5) is 0.336. The van der Waals surface area contributed by atoms with Gasteiger partial charge in [-0.3, -0.25) is 0 Å². The molecule has 0 spiro atoms. The predicted octanol–water partition coefficient (Wildman–Crippen LogP) is 2.56. The van der Waals surface area contributed by atoms with E-state index in [-0.39, 0.29) is 6.04 Å². The molecule has 5 nitrogen and oxygen atoms in total. The average Bonchev–Trinajstić information content (AvgIpc) is 2.48. The standard InChI is InChI=1S/C15H23N3O2S2/c1-12(2)16-15(21)17-13-6-8-14(9-7-13)22(19,20)18-10-4-3-5-11-18/h6-9,12H,3-5,10-11H2,1-2H3,(H2,16,17,21). The number of benzene rings is 1. The Labute approximate surface area is 138 Å². The maximum atomic E-state index is 12.5. The van der Waals surface area contributed by atoms with E-state index in [1.165, 1.54) is 0 Å². The van der Waals surface area contributed by atoms with Gasteiger partial charge in [0.15, 0.2) is 5.11 Å². The van der Waals surface area contributed by atoms with Crippen LogP contribution in [0.3, 0.4) is 0 Å². The number of thiocarbonyl (C=S) groups is 1. The van der Waals surface area contributed by atoms with E-state index in [1.807, 2.05) is 13.8 Å². The van der Waals surface area contributed by atoms with Crippen LogP contribution in [-0.4, -0.2) is 37.0 Å². The maximum Gasteiger partial charge on any atom is 0.243 e. The summed E-state index contributed by atoms with van der Waals surface area (Å²) >= 11 is 5.17. The van der Waals surface area contributed by atoms with Gasteiger partial charge >= 0.3 is 0 Å². The zero-order valence-corrected chi connectivity index (χ0v) is 14.6. The van der Waals surface area contributed by atoms with Gasteiger partial charge in [-0.25, -0.2) is 8.42 Å². The number of nitrogens with zero attached hydrogens (tertiary/aromatic N) is 1. The monoisotopic (exact) mass is 341 g/mol. The average molecular weight is 342 g/mol. The molecule has 2 N–H and O–H groups in total. The number of piperidine rings is 1. The minimum atomic E-state index is -3.37. The normalized spacial score (nSPS) is 16.5. The van der Waals surface area contributed by atoms with E-state index in [4.69, 9.17) is 12.2 Å². The zero-order valence-electron chi connectivity index (χ0n) is 13.0. The highest BCUT2D eigenvalue weighted by Crippen LogP contribution is 2.21. The van der Waals surface area contributed by atoms with Crippen molar-refractivity contribution in [3.05, 3.63) is 24.3 Å². The largest absolute Gasteiger partial charge is 0.360 e. The first-order valence-corrected chi connectivity index (χ1v) is 9.42. The first-order chi connectivity index (χ1) is 10.4. The van der Waals surface area contributed by atoms with E-state index >= 15 is 0 Å². The molecule has 1 heterocycles. The summed E-state index contributed by atoms with van der Waals surface area (Å²) in [5.74, 6) is 0. The summed E-state index contributed by atoms with van der Waals surface area (Å²) in [6.45, 7) is 5.24. The molecule has 22 heavy (non-hydrogen) atoms. The molecule has 0 amide bonds. The lowest BCUT2D eigenvalue weighted by atomic mass is 10.2. The summed E-state index contributed by atoms with van der Waals surface area (Å²) in [7, 11) is -3.37. The van der Waals surface area contributed by atoms with Gasteiger partial charge in [-0.15, -0.1) is 0 Å². The van der Waals surface area contributed by atoms with E-state index in [9.17, 15) is 8.42 Å². The van der Waals surface area contributed by atoms with Crippen molar-refractivity contribution in [2.24, 2.45) is 0 Å². The second-order valence-corrected chi connectivity index (χ2v) is 8.09. The van der Waals surface area contributed by atoms with Crippen molar-refractivity contribution in [2.45, 2.75) is 44.0 Å². The third-order valence-electron chi connectivity index (χ3n) is 3.48. The second kappa shape index (κ2) is 7.39. The smallest absolute Gasteiger partial charge is 0.243 e. The van der Waals surface area contributed by atoms with Crippen LogP contribution in [-0.2, 0) is 10.0 Å². The zero-order chi connectivity index (χ0) is 16.2. The molecule has 0 saturated carbocycles. The van der Waals surface area contributed by atoms with Gasteiger partial charge in [0.1, 0.15) is 0 Å². The van der Waals surface area contributed by atoms with Gasteiger partial charge in [-0.2, -0.15) is 4.31 Å². The lowest BCUT2D eigenvalue weighted by Crippen LogP contribution is -2.35. The van der Waals surface area contributed by atoms with Gasteiger partial charge in [0.05, 0.1) is 4.90 Å². The van der Waals surface area contributed by atoms with Crippen molar-refractivity contribution in [1.29, 1.82) is 0 Å². The van der Waals surface area contributed by atoms with Crippen LogP contribution in [0, 0.1) is 0 Å². The van der Waals surface area contributed by atoms with Gasteiger partial charge in [0, 0.05) is 24.8 Å². The molecule has 2 rings (SSSR count). The molecule has 1 aliphatic rings. The molecule has 0 atom stereocenters. The van der Waals surface area contributed by atoms with Crippen molar-refractivity contribution >= 4 is 33.0 Å². The second-order valence-electron chi connectivity index (χ2n) is 5.74. The van der Waals surface area contributed by atoms with Crippen LogP contribution in [0.2, 0.25) is 0 Å². The number of sulfonamides is 1. The molecule has 1 aromatic rings. The van der Waals surface area contributed by atoms with E-state index in [2.05, 4.69) is 10.6 Å². The van der Waals surface area contributed by atoms with Gasteiger partial charge in [0.2, 0.25) is 10.0 Å². The van der Waals surface area contributed by atoms with Gasteiger partial charge in [0.25, 0.3) is 0 Å². The Morgan fingerprint density at radius 2 is 1.73 bits per heavy atom. The molecule has 1 aliphatic heterocycles. The third kappa shape index (κ3) is 4.41.